The quantitative estimate of drug-likeness (QED) is 0.106. The Balaban J connectivity index is 1.24. The van der Waals surface area contributed by atoms with Gasteiger partial charge in [-0.25, -0.2) is 9.97 Å². The number of ketones is 2. The van der Waals surface area contributed by atoms with Crippen LogP contribution in [0.2, 0.25) is 0 Å². The van der Waals surface area contributed by atoms with Gasteiger partial charge in [0.2, 0.25) is 0 Å². The number of unbranched alkanes of at least 4 members (excludes halogenated alkanes) is 4. The second-order valence-electron chi connectivity index (χ2n) is 12.4. The van der Waals surface area contributed by atoms with E-state index in [2.05, 4.69) is 45.9 Å². The molecule has 1 aromatic carbocycles. The molecule has 0 aliphatic rings. The summed E-state index contributed by atoms with van der Waals surface area (Å²) < 4.78 is 13.7. The topological polar surface area (TPSA) is 125 Å². The van der Waals surface area contributed by atoms with E-state index in [1.54, 1.807) is 6.92 Å². The number of nitrogens with two attached hydrogens (primary N) is 1. The van der Waals surface area contributed by atoms with Crippen molar-refractivity contribution in [3.63, 3.8) is 0 Å². The largest absolute Gasteiger partial charge is 0.382 e. The number of carbonyl (C=O) groups excluding carboxylic acids is 2. The van der Waals surface area contributed by atoms with E-state index in [0.29, 0.717) is 45.1 Å². The zero-order valence-electron chi connectivity index (χ0n) is 28.8. The van der Waals surface area contributed by atoms with Gasteiger partial charge in [0.25, 0.3) is 0 Å². The van der Waals surface area contributed by atoms with E-state index < -0.39 is 0 Å². The van der Waals surface area contributed by atoms with Crippen molar-refractivity contribution in [1.82, 2.24) is 24.8 Å². The van der Waals surface area contributed by atoms with Gasteiger partial charge in [0.1, 0.15) is 22.9 Å². The highest BCUT2D eigenvalue weighted by Gasteiger charge is 2.17. The molecule has 3 aromatic rings. The number of ether oxygens (including phenoxy) is 2. The average Bonchev–Trinajstić information content (AvgIpc) is 3.41. The standard InChI is InChI=1S/C36H58N6O4/c1-5-6-19-33-40-34-35(30-16-10-11-18-32(30)39-36(34)37)42(33)23-13-12-21-41(4)22-14-24-45-26-27-46-25-20-29(44)15-8-7-9-17-31(38-3)28(2)43/h10-11,16,18,31,38H,5-9,12-15,17,19-27H2,1-4H3,(H2,37,39). The van der Waals surface area contributed by atoms with Crippen molar-refractivity contribution in [2.24, 2.45) is 0 Å². The summed E-state index contributed by atoms with van der Waals surface area (Å²) in [5, 5.41) is 4.15. The molecule has 0 saturated heterocycles. The molecule has 0 radical (unpaired) electrons. The van der Waals surface area contributed by atoms with E-state index in [1.807, 2.05) is 19.2 Å². The van der Waals surface area contributed by atoms with Crippen LogP contribution in [0.25, 0.3) is 21.9 Å². The number of aryl methyl sites for hydroxylation is 2. The second-order valence-corrected chi connectivity index (χ2v) is 12.4. The summed E-state index contributed by atoms with van der Waals surface area (Å²) in [6, 6.07) is 8.14. The third-order valence-electron chi connectivity index (χ3n) is 8.63. The molecule has 1 atom stereocenters. The van der Waals surface area contributed by atoms with Crippen LogP contribution in [-0.4, -0.2) is 90.7 Å². The Morgan fingerprint density at radius 2 is 1.70 bits per heavy atom. The summed E-state index contributed by atoms with van der Waals surface area (Å²) in [6.45, 7) is 8.99. The Morgan fingerprint density at radius 3 is 2.46 bits per heavy atom. The number of para-hydroxylation sites is 1. The first-order valence-corrected chi connectivity index (χ1v) is 17.4. The highest BCUT2D eigenvalue weighted by Crippen LogP contribution is 2.29. The lowest BCUT2D eigenvalue weighted by Gasteiger charge is -2.17. The van der Waals surface area contributed by atoms with Gasteiger partial charge >= 0.3 is 0 Å². The van der Waals surface area contributed by atoms with Crippen molar-refractivity contribution in [3.8, 4) is 0 Å². The number of nitrogens with one attached hydrogen (secondary N) is 1. The van der Waals surface area contributed by atoms with Crippen molar-refractivity contribution >= 4 is 39.3 Å². The van der Waals surface area contributed by atoms with E-state index in [4.69, 9.17) is 20.2 Å². The van der Waals surface area contributed by atoms with Crippen LogP contribution < -0.4 is 11.1 Å². The minimum Gasteiger partial charge on any atom is -0.382 e. The van der Waals surface area contributed by atoms with E-state index in [-0.39, 0.29) is 17.6 Å². The number of likely N-dealkylation sites (N-methyl/N-ethyl adjacent to an activating group) is 1. The van der Waals surface area contributed by atoms with E-state index in [1.165, 1.54) is 0 Å². The molecule has 0 aliphatic carbocycles. The van der Waals surface area contributed by atoms with Gasteiger partial charge in [-0.05, 0) is 72.2 Å². The van der Waals surface area contributed by atoms with Crippen molar-refractivity contribution in [1.29, 1.82) is 0 Å². The maximum atomic E-state index is 12.1. The fourth-order valence-corrected chi connectivity index (χ4v) is 5.90. The number of nitrogens with zero attached hydrogens (tertiary/aromatic N) is 4. The van der Waals surface area contributed by atoms with Crippen LogP contribution in [0.5, 0.6) is 0 Å². The maximum absolute atomic E-state index is 12.1. The fourth-order valence-electron chi connectivity index (χ4n) is 5.90. The monoisotopic (exact) mass is 638 g/mol. The molecule has 10 heteroatoms. The summed E-state index contributed by atoms with van der Waals surface area (Å²) in [7, 11) is 3.99. The SMILES string of the molecule is CCCCc1nc2c(N)nc3ccccc3c2n1CCCCN(C)CCCOCCOCCC(=O)CCCCCC(NC)C(C)=O. The minimum absolute atomic E-state index is 0.0666. The molecular formula is C36H58N6O4. The smallest absolute Gasteiger partial charge is 0.152 e. The van der Waals surface area contributed by atoms with Crippen molar-refractivity contribution < 1.29 is 19.1 Å². The van der Waals surface area contributed by atoms with Crippen LogP contribution in [0.1, 0.15) is 90.3 Å². The number of benzene rings is 1. The molecule has 3 rings (SSSR count). The van der Waals surface area contributed by atoms with Crippen LogP contribution in [0, 0.1) is 0 Å². The van der Waals surface area contributed by atoms with Gasteiger partial charge in [0.05, 0.1) is 36.9 Å². The fraction of sp³-hybridized carbons (Fsp3) is 0.667. The van der Waals surface area contributed by atoms with Crippen molar-refractivity contribution in [3.05, 3.63) is 30.1 Å². The zero-order valence-corrected chi connectivity index (χ0v) is 28.8. The van der Waals surface area contributed by atoms with Crippen LogP contribution in [-0.2, 0) is 32.0 Å². The Hall–Kier alpha value is -2.92. The lowest BCUT2D eigenvalue weighted by atomic mass is 10.0. The Bertz CT molecular complexity index is 1340. The van der Waals surface area contributed by atoms with E-state index in [0.717, 1.165) is 112 Å². The number of fused-ring (bicyclic) bond motifs is 3. The predicted molar refractivity (Wildman–Crippen MR) is 187 cm³/mol. The third kappa shape index (κ3) is 12.4. The first-order chi connectivity index (χ1) is 22.3. The summed E-state index contributed by atoms with van der Waals surface area (Å²) in [6.07, 6.45) is 11.0. The van der Waals surface area contributed by atoms with Gasteiger partial charge in [-0.1, -0.05) is 44.4 Å². The number of Topliss-reactive ketones (excluding diaryl/α,β-unsaturated/α-hetero) is 2. The number of carbonyl (C=O) groups is 2. The molecule has 0 bridgehead atoms. The van der Waals surface area contributed by atoms with E-state index >= 15 is 0 Å². The van der Waals surface area contributed by atoms with Crippen molar-refractivity contribution in [2.45, 2.75) is 103 Å². The Labute approximate surface area is 275 Å². The average molecular weight is 639 g/mol. The van der Waals surface area contributed by atoms with Crippen LogP contribution in [0.4, 0.5) is 5.82 Å². The molecular weight excluding hydrogens is 580 g/mol. The molecule has 2 aromatic heterocycles. The summed E-state index contributed by atoms with van der Waals surface area (Å²) in [4.78, 5) is 35.4. The van der Waals surface area contributed by atoms with E-state index in [9.17, 15) is 9.59 Å². The molecule has 0 aliphatic heterocycles. The molecule has 0 amide bonds. The maximum Gasteiger partial charge on any atom is 0.152 e. The second kappa shape index (κ2) is 21.1. The lowest BCUT2D eigenvalue weighted by molar-refractivity contribution is -0.121. The molecule has 0 saturated carbocycles. The number of nitrogen functional groups attached to an aromatic ring is 1. The zero-order chi connectivity index (χ0) is 33.1. The molecule has 10 nitrogen and oxygen atoms in total. The first kappa shape index (κ1) is 37.5. The highest BCUT2D eigenvalue weighted by molar-refractivity contribution is 6.06. The van der Waals surface area contributed by atoms with Crippen LogP contribution >= 0.6 is 0 Å². The minimum atomic E-state index is -0.0666. The van der Waals surface area contributed by atoms with Crippen LogP contribution in [0.15, 0.2) is 24.3 Å². The molecule has 3 N–H and O–H groups in total. The summed E-state index contributed by atoms with van der Waals surface area (Å²) in [5.41, 5.74) is 9.21. The number of hydrogen-bond acceptors (Lipinski definition) is 9. The molecule has 0 spiro atoms. The molecule has 2 heterocycles. The molecule has 46 heavy (non-hydrogen) atoms. The number of pyridine rings is 1. The van der Waals surface area contributed by atoms with Crippen molar-refractivity contribution in [2.75, 3.05) is 59.3 Å². The molecule has 1 unspecified atom stereocenters. The predicted octanol–water partition coefficient (Wildman–Crippen LogP) is 5.73. The first-order valence-electron chi connectivity index (χ1n) is 17.4. The summed E-state index contributed by atoms with van der Waals surface area (Å²) >= 11 is 0. The highest BCUT2D eigenvalue weighted by atomic mass is 16.5. The van der Waals surface area contributed by atoms with Crippen LogP contribution in [0.3, 0.4) is 0 Å². The van der Waals surface area contributed by atoms with Gasteiger partial charge in [-0.3, -0.25) is 9.59 Å². The lowest BCUT2D eigenvalue weighted by Crippen LogP contribution is -2.32. The normalized spacial score (nSPS) is 12.5. The molecule has 0 fully saturated rings. The number of imidazole rings is 1. The number of aromatic nitrogens is 3. The third-order valence-corrected chi connectivity index (χ3v) is 8.63. The van der Waals surface area contributed by atoms with Gasteiger partial charge < -0.3 is 30.0 Å². The van der Waals surface area contributed by atoms with Gasteiger partial charge in [-0.15, -0.1) is 0 Å². The molecule has 256 valence electrons. The number of rotatable bonds is 26. The Kier molecular flexibility index (Phi) is 17.2. The Morgan fingerprint density at radius 1 is 0.935 bits per heavy atom. The number of hydrogen-bond donors (Lipinski definition) is 2. The summed E-state index contributed by atoms with van der Waals surface area (Å²) in [5.74, 6) is 2.04. The van der Waals surface area contributed by atoms with Gasteiger partial charge in [0, 0.05) is 44.3 Å². The number of anilines is 1. The van der Waals surface area contributed by atoms with Gasteiger partial charge in [0.15, 0.2) is 5.82 Å². The van der Waals surface area contributed by atoms with Gasteiger partial charge in [-0.2, -0.15) is 0 Å².